The van der Waals surface area contributed by atoms with Crippen molar-refractivity contribution in [3.05, 3.63) is 34.3 Å². The van der Waals surface area contributed by atoms with Gasteiger partial charge >= 0.3 is 0 Å². The molecule has 1 saturated carbocycles. The van der Waals surface area contributed by atoms with Crippen molar-refractivity contribution >= 4 is 15.9 Å². The smallest absolute Gasteiger partial charge is 0.0305 e. The first kappa shape index (κ1) is 14.1. The lowest BCUT2D eigenvalue weighted by molar-refractivity contribution is 0.216. The molecule has 0 aliphatic heterocycles. The van der Waals surface area contributed by atoms with E-state index in [0.29, 0.717) is 12.1 Å². The van der Waals surface area contributed by atoms with Gasteiger partial charge in [0.1, 0.15) is 0 Å². The molecule has 2 heteroatoms. The second-order valence-electron chi connectivity index (χ2n) is 5.91. The molecule has 1 N–H and O–H groups in total. The molecule has 1 fully saturated rings. The molecule has 0 spiro atoms. The van der Waals surface area contributed by atoms with Crippen molar-refractivity contribution < 1.29 is 0 Å². The maximum Gasteiger partial charge on any atom is 0.0305 e. The van der Waals surface area contributed by atoms with Gasteiger partial charge < -0.3 is 5.32 Å². The minimum atomic E-state index is 0.418. The fraction of sp³-hybridized carbons (Fsp3) is 0.625. The topological polar surface area (TPSA) is 12.0 Å². The molecule has 0 heterocycles. The van der Waals surface area contributed by atoms with E-state index in [4.69, 9.17) is 0 Å². The lowest BCUT2D eigenvalue weighted by atomic mass is 9.79. The Labute approximate surface area is 119 Å². The van der Waals surface area contributed by atoms with Crippen LogP contribution in [0, 0.1) is 11.8 Å². The number of hydrogen-bond donors (Lipinski definition) is 1. The average molecular weight is 310 g/mol. The third kappa shape index (κ3) is 3.36. The number of rotatable bonds is 3. The van der Waals surface area contributed by atoms with Gasteiger partial charge in [-0.15, -0.1) is 0 Å². The number of hydrogen-bond acceptors (Lipinski definition) is 1. The second kappa shape index (κ2) is 6.21. The highest BCUT2D eigenvalue weighted by atomic mass is 79.9. The molecule has 0 radical (unpaired) electrons. The van der Waals surface area contributed by atoms with Crippen LogP contribution in [-0.2, 0) is 0 Å². The first-order valence-electron chi connectivity index (χ1n) is 7.08. The van der Waals surface area contributed by atoms with Crippen LogP contribution in [0.4, 0.5) is 0 Å². The molecule has 3 unspecified atom stereocenters. The SMILES string of the molecule is CC1CCC(N[C@@H](C)c2ccccc2Br)C(C)C1. The maximum absolute atomic E-state index is 3.82. The van der Waals surface area contributed by atoms with Crippen molar-refractivity contribution in [1.82, 2.24) is 5.32 Å². The molecule has 18 heavy (non-hydrogen) atoms. The van der Waals surface area contributed by atoms with Gasteiger partial charge in [0, 0.05) is 16.6 Å². The summed E-state index contributed by atoms with van der Waals surface area (Å²) in [6.45, 7) is 7.04. The van der Waals surface area contributed by atoms with Crippen molar-refractivity contribution in [2.24, 2.45) is 11.8 Å². The second-order valence-corrected chi connectivity index (χ2v) is 6.77. The molecule has 1 aromatic rings. The Hall–Kier alpha value is -0.340. The first-order valence-corrected chi connectivity index (χ1v) is 7.87. The molecule has 1 aliphatic carbocycles. The van der Waals surface area contributed by atoms with E-state index in [1.54, 1.807) is 0 Å². The van der Waals surface area contributed by atoms with Gasteiger partial charge in [0.25, 0.3) is 0 Å². The Bertz CT molecular complexity index is 390. The van der Waals surface area contributed by atoms with Crippen molar-refractivity contribution in [3.8, 4) is 0 Å². The highest BCUT2D eigenvalue weighted by Crippen LogP contribution is 2.31. The molecular weight excluding hydrogens is 286 g/mol. The van der Waals surface area contributed by atoms with Crippen LogP contribution in [-0.4, -0.2) is 6.04 Å². The summed E-state index contributed by atoms with van der Waals surface area (Å²) in [5.74, 6) is 1.69. The van der Waals surface area contributed by atoms with E-state index in [1.165, 1.54) is 29.3 Å². The molecule has 2 rings (SSSR count). The van der Waals surface area contributed by atoms with E-state index in [9.17, 15) is 0 Å². The highest BCUT2D eigenvalue weighted by Gasteiger charge is 2.26. The van der Waals surface area contributed by atoms with Crippen LogP contribution in [0.5, 0.6) is 0 Å². The van der Waals surface area contributed by atoms with E-state index in [1.807, 2.05) is 0 Å². The van der Waals surface area contributed by atoms with E-state index in [0.717, 1.165) is 11.8 Å². The third-order valence-electron chi connectivity index (χ3n) is 4.27. The van der Waals surface area contributed by atoms with Crippen molar-refractivity contribution in [1.29, 1.82) is 0 Å². The van der Waals surface area contributed by atoms with Crippen molar-refractivity contribution in [3.63, 3.8) is 0 Å². The fourth-order valence-electron chi connectivity index (χ4n) is 3.15. The van der Waals surface area contributed by atoms with Gasteiger partial charge in [0.15, 0.2) is 0 Å². The van der Waals surface area contributed by atoms with Gasteiger partial charge in [-0.2, -0.15) is 0 Å². The van der Waals surface area contributed by atoms with Gasteiger partial charge in [0.2, 0.25) is 0 Å². The molecule has 100 valence electrons. The lowest BCUT2D eigenvalue weighted by Crippen LogP contribution is -2.40. The van der Waals surface area contributed by atoms with Gasteiger partial charge in [-0.1, -0.05) is 48.0 Å². The van der Waals surface area contributed by atoms with E-state index in [-0.39, 0.29) is 0 Å². The van der Waals surface area contributed by atoms with Gasteiger partial charge in [0.05, 0.1) is 0 Å². The molecule has 1 nitrogen and oxygen atoms in total. The summed E-state index contributed by atoms with van der Waals surface area (Å²) in [5.41, 5.74) is 1.36. The zero-order valence-corrected chi connectivity index (χ0v) is 13.2. The van der Waals surface area contributed by atoms with Gasteiger partial charge in [-0.3, -0.25) is 0 Å². The predicted molar refractivity (Wildman–Crippen MR) is 81.7 cm³/mol. The molecule has 1 aromatic carbocycles. The summed E-state index contributed by atoms with van der Waals surface area (Å²) in [7, 11) is 0. The first-order chi connectivity index (χ1) is 8.58. The molecule has 0 bridgehead atoms. The molecule has 1 aliphatic rings. The number of halogens is 1. The summed E-state index contributed by atoms with van der Waals surface area (Å²) in [5, 5.41) is 3.82. The third-order valence-corrected chi connectivity index (χ3v) is 4.99. The van der Waals surface area contributed by atoms with Crippen LogP contribution >= 0.6 is 15.9 Å². The van der Waals surface area contributed by atoms with E-state index >= 15 is 0 Å². The predicted octanol–water partition coefficient (Wildman–Crippen LogP) is 4.92. The van der Waals surface area contributed by atoms with Crippen LogP contribution in [0.2, 0.25) is 0 Å². The van der Waals surface area contributed by atoms with Crippen molar-refractivity contribution in [2.75, 3.05) is 0 Å². The monoisotopic (exact) mass is 309 g/mol. The lowest BCUT2D eigenvalue weighted by Gasteiger charge is -2.35. The highest BCUT2D eigenvalue weighted by molar-refractivity contribution is 9.10. The van der Waals surface area contributed by atoms with E-state index in [2.05, 4.69) is 66.3 Å². The standard InChI is InChI=1S/C16H24BrN/c1-11-8-9-16(12(2)10-11)18-13(3)14-6-4-5-7-15(14)17/h4-7,11-13,16,18H,8-10H2,1-3H3/t11?,12?,13-,16?/m0/s1. The van der Waals surface area contributed by atoms with Gasteiger partial charge in [-0.25, -0.2) is 0 Å². The Kier molecular flexibility index (Phi) is 4.85. The minimum absolute atomic E-state index is 0.418. The van der Waals surface area contributed by atoms with Gasteiger partial charge in [-0.05, 0) is 49.7 Å². The quantitative estimate of drug-likeness (QED) is 0.835. The Morgan fingerprint density at radius 3 is 2.61 bits per heavy atom. The fourth-order valence-corrected chi connectivity index (χ4v) is 3.78. The molecule has 4 atom stereocenters. The van der Waals surface area contributed by atoms with Crippen LogP contribution in [0.1, 0.15) is 51.6 Å². The molecule has 0 saturated heterocycles. The maximum atomic E-state index is 3.82. The Balaban J connectivity index is 1.99. The molecule has 0 aromatic heterocycles. The summed E-state index contributed by atoms with van der Waals surface area (Å²) >= 11 is 3.65. The molecular formula is C16H24BrN. The Morgan fingerprint density at radius 1 is 1.22 bits per heavy atom. The van der Waals surface area contributed by atoms with Crippen LogP contribution in [0.3, 0.4) is 0 Å². The normalized spacial score (nSPS) is 30.1. The van der Waals surface area contributed by atoms with E-state index < -0.39 is 0 Å². The Morgan fingerprint density at radius 2 is 1.94 bits per heavy atom. The average Bonchev–Trinajstić information content (AvgIpc) is 2.33. The van der Waals surface area contributed by atoms with Crippen LogP contribution in [0.25, 0.3) is 0 Å². The summed E-state index contributed by atoms with van der Waals surface area (Å²) in [4.78, 5) is 0. The minimum Gasteiger partial charge on any atom is -0.307 e. The largest absolute Gasteiger partial charge is 0.307 e. The van der Waals surface area contributed by atoms with Crippen LogP contribution < -0.4 is 5.32 Å². The summed E-state index contributed by atoms with van der Waals surface area (Å²) < 4.78 is 1.21. The zero-order valence-electron chi connectivity index (χ0n) is 11.6. The molecule has 0 amide bonds. The van der Waals surface area contributed by atoms with Crippen LogP contribution in [0.15, 0.2) is 28.7 Å². The number of nitrogens with one attached hydrogen (secondary N) is 1. The number of benzene rings is 1. The van der Waals surface area contributed by atoms with Crippen molar-refractivity contribution in [2.45, 2.75) is 52.1 Å². The summed E-state index contributed by atoms with van der Waals surface area (Å²) in [6.07, 6.45) is 4.04. The summed E-state index contributed by atoms with van der Waals surface area (Å²) in [6, 6.07) is 9.61. The zero-order chi connectivity index (χ0) is 13.1.